The summed E-state index contributed by atoms with van der Waals surface area (Å²) in [6.45, 7) is 1.66. The number of nitrogens with zero attached hydrogens (tertiary/aromatic N) is 1. The lowest BCUT2D eigenvalue weighted by atomic mass is 9.92. The summed E-state index contributed by atoms with van der Waals surface area (Å²) < 4.78 is 10.7. The first kappa shape index (κ1) is 18.4. The normalized spacial score (nSPS) is 16.2. The van der Waals surface area contributed by atoms with Crippen LogP contribution in [0.4, 0.5) is 0 Å². The molecule has 1 unspecified atom stereocenters. The van der Waals surface area contributed by atoms with Gasteiger partial charge in [-0.15, -0.1) is 12.4 Å². The molecule has 1 fully saturated rings. The number of rotatable bonds is 5. The van der Waals surface area contributed by atoms with Crippen molar-refractivity contribution in [2.75, 3.05) is 13.2 Å². The fourth-order valence-corrected chi connectivity index (χ4v) is 2.69. The van der Waals surface area contributed by atoms with Gasteiger partial charge in [-0.2, -0.15) is 0 Å². The third-order valence-corrected chi connectivity index (χ3v) is 4.09. The molecule has 24 heavy (non-hydrogen) atoms. The molecule has 0 saturated carbocycles. The Hall–Kier alpha value is -1.89. The molecule has 7 heteroatoms. The minimum Gasteiger partial charge on any atom is -0.444 e. The number of halogens is 1. The van der Waals surface area contributed by atoms with Crippen molar-refractivity contribution in [1.29, 1.82) is 0 Å². The van der Waals surface area contributed by atoms with E-state index >= 15 is 0 Å². The highest BCUT2D eigenvalue weighted by Crippen LogP contribution is 2.19. The van der Waals surface area contributed by atoms with E-state index in [1.165, 1.54) is 0 Å². The Balaban J connectivity index is 0.00000208. The Labute approximate surface area is 147 Å². The molecule has 3 rings (SSSR count). The van der Waals surface area contributed by atoms with Gasteiger partial charge in [0.15, 0.2) is 0 Å². The van der Waals surface area contributed by atoms with Crippen LogP contribution < -0.4 is 11.1 Å². The first-order valence-corrected chi connectivity index (χ1v) is 7.85. The van der Waals surface area contributed by atoms with E-state index in [-0.39, 0.29) is 24.2 Å². The summed E-state index contributed by atoms with van der Waals surface area (Å²) in [5.74, 6) is 0.575. The summed E-state index contributed by atoms with van der Waals surface area (Å²) in [6, 6.07) is 9.14. The van der Waals surface area contributed by atoms with Gasteiger partial charge in [0.25, 0.3) is 0 Å². The molecule has 1 aromatic carbocycles. The monoisotopic (exact) mass is 351 g/mol. The van der Waals surface area contributed by atoms with Crippen LogP contribution >= 0.6 is 12.4 Å². The number of amides is 1. The van der Waals surface area contributed by atoms with Gasteiger partial charge in [-0.3, -0.25) is 4.79 Å². The zero-order valence-electron chi connectivity index (χ0n) is 13.3. The van der Waals surface area contributed by atoms with Crippen LogP contribution in [-0.2, 0) is 16.1 Å². The molecule has 2 heterocycles. The Bertz CT molecular complexity index is 642. The van der Waals surface area contributed by atoms with Gasteiger partial charge in [0.1, 0.15) is 6.26 Å². The fourth-order valence-electron chi connectivity index (χ4n) is 2.69. The molecule has 1 saturated heterocycles. The Morgan fingerprint density at radius 2 is 2.00 bits per heavy atom. The quantitative estimate of drug-likeness (QED) is 0.861. The van der Waals surface area contributed by atoms with Gasteiger partial charge in [-0.25, -0.2) is 4.98 Å². The van der Waals surface area contributed by atoms with Gasteiger partial charge in [-0.1, -0.05) is 18.2 Å². The predicted octanol–water partition coefficient (Wildman–Crippen LogP) is 2.13. The smallest absolute Gasteiger partial charge is 0.237 e. The van der Waals surface area contributed by atoms with Crippen molar-refractivity contribution in [2.24, 2.45) is 11.7 Å². The van der Waals surface area contributed by atoms with Gasteiger partial charge in [-0.05, 0) is 30.9 Å². The molecule has 130 valence electrons. The van der Waals surface area contributed by atoms with E-state index in [1.807, 2.05) is 30.3 Å². The number of ether oxygens (including phenoxy) is 1. The van der Waals surface area contributed by atoms with Crippen molar-refractivity contribution >= 4 is 18.3 Å². The summed E-state index contributed by atoms with van der Waals surface area (Å²) in [7, 11) is 0. The molecular weight excluding hydrogens is 330 g/mol. The predicted molar refractivity (Wildman–Crippen MR) is 92.6 cm³/mol. The number of hydrogen-bond donors (Lipinski definition) is 2. The van der Waals surface area contributed by atoms with Crippen LogP contribution in [0.15, 0.2) is 41.0 Å². The van der Waals surface area contributed by atoms with Crippen LogP contribution in [0, 0.1) is 5.92 Å². The molecule has 2 aromatic rings. The second kappa shape index (κ2) is 8.82. The summed E-state index contributed by atoms with van der Waals surface area (Å²) in [6.07, 6.45) is 3.22. The first-order chi connectivity index (χ1) is 11.2. The van der Waals surface area contributed by atoms with E-state index in [0.29, 0.717) is 31.3 Å². The number of hydrogen-bond acceptors (Lipinski definition) is 5. The topological polar surface area (TPSA) is 90.4 Å². The van der Waals surface area contributed by atoms with Crippen molar-refractivity contribution < 1.29 is 13.9 Å². The molecule has 0 spiro atoms. The second-order valence-corrected chi connectivity index (χ2v) is 5.70. The molecular formula is C17H22ClN3O3. The van der Waals surface area contributed by atoms with Crippen LogP contribution in [0.25, 0.3) is 11.5 Å². The van der Waals surface area contributed by atoms with Crippen molar-refractivity contribution in [2.45, 2.75) is 25.4 Å². The number of carbonyl (C=O) groups is 1. The highest BCUT2D eigenvalue weighted by atomic mass is 35.5. The van der Waals surface area contributed by atoms with Gasteiger partial charge in [0.05, 0.1) is 18.3 Å². The molecule has 1 aliphatic heterocycles. The Kier molecular flexibility index (Phi) is 6.78. The highest BCUT2D eigenvalue weighted by molar-refractivity contribution is 5.85. The lowest BCUT2D eigenvalue weighted by molar-refractivity contribution is -0.124. The number of benzene rings is 1. The zero-order valence-corrected chi connectivity index (χ0v) is 14.1. The standard InChI is InChI=1S/C17H21N3O3.ClH/c18-15(12-6-8-22-9-7-12)16(21)19-10-14-11-23-17(20-14)13-4-2-1-3-5-13;/h1-5,11-12,15H,6-10,18H2,(H,19,21);1H. The second-order valence-electron chi connectivity index (χ2n) is 5.70. The molecule has 0 bridgehead atoms. The summed E-state index contributed by atoms with van der Waals surface area (Å²) in [5, 5.41) is 2.83. The van der Waals surface area contributed by atoms with Crippen LogP contribution in [0.5, 0.6) is 0 Å². The van der Waals surface area contributed by atoms with Crippen LogP contribution in [0.3, 0.4) is 0 Å². The highest BCUT2D eigenvalue weighted by Gasteiger charge is 2.26. The average molecular weight is 352 g/mol. The molecule has 6 nitrogen and oxygen atoms in total. The van der Waals surface area contributed by atoms with Gasteiger partial charge in [0.2, 0.25) is 11.8 Å². The van der Waals surface area contributed by atoms with E-state index in [2.05, 4.69) is 10.3 Å². The molecule has 1 aromatic heterocycles. The van der Waals surface area contributed by atoms with E-state index < -0.39 is 6.04 Å². The molecule has 1 atom stereocenters. The maximum Gasteiger partial charge on any atom is 0.237 e. The van der Waals surface area contributed by atoms with Gasteiger partial charge >= 0.3 is 0 Å². The van der Waals surface area contributed by atoms with Crippen molar-refractivity contribution in [3.05, 3.63) is 42.3 Å². The van der Waals surface area contributed by atoms with E-state index in [0.717, 1.165) is 18.4 Å². The number of carbonyl (C=O) groups excluding carboxylic acids is 1. The average Bonchev–Trinajstić information content (AvgIpc) is 3.09. The number of nitrogens with one attached hydrogen (secondary N) is 1. The van der Waals surface area contributed by atoms with Crippen molar-refractivity contribution in [1.82, 2.24) is 10.3 Å². The number of oxazole rings is 1. The summed E-state index contributed by atoms with van der Waals surface area (Å²) in [4.78, 5) is 16.5. The van der Waals surface area contributed by atoms with E-state index in [4.69, 9.17) is 14.9 Å². The van der Waals surface area contributed by atoms with Crippen LogP contribution in [0.1, 0.15) is 18.5 Å². The largest absolute Gasteiger partial charge is 0.444 e. The molecule has 1 aliphatic rings. The maximum absolute atomic E-state index is 12.2. The minimum absolute atomic E-state index is 0. The number of aromatic nitrogens is 1. The fraction of sp³-hybridized carbons (Fsp3) is 0.412. The lowest BCUT2D eigenvalue weighted by Crippen LogP contribution is -2.46. The van der Waals surface area contributed by atoms with Gasteiger partial charge in [0, 0.05) is 18.8 Å². The molecule has 0 aliphatic carbocycles. The lowest BCUT2D eigenvalue weighted by Gasteiger charge is -2.26. The summed E-state index contributed by atoms with van der Waals surface area (Å²) in [5.41, 5.74) is 7.62. The van der Waals surface area contributed by atoms with E-state index in [1.54, 1.807) is 6.26 Å². The Morgan fingerprint density at radius 1 is 1.29 bits per heavy atom. The Morgan fingerprint density at radius 3 is 2.71 bits per heavy atom. The van der Waals surface area contributed by atoms with Crippen molar-refractivity contribution in [3.63, 3.8) is 0 Å². The zero-order chi connectivity index (χ0) is 16.1. The number of nitrogens with two attached hydrogens (primary N) is 1. The third kappa shape index (κ3) is 4.56. The van der Waals surface area contributed by atoms with Crippen LogP contribution in [0.2, 0.25) is 0 Å². The maximum atomic E-state index is 12.2. The third-order valence-electron chi connectivity index (χ3n) is 4.09. The van der Waals surface area contributed by atoms with Crippen LogP contribution in [-0.4, -0.2) is 30.1 Å². The molecule has 0 radical (unpaired) electrons. The SMILES string of the molecule is Cl.NC(C(=O)NCc1coc(-c2ccccc2)n1)C1CCOCC1. The molecule has 3 N–H and O–H groups in total. The summed E-state index contributed by atoms with van der Waals surface area (Å²) >= 11 is 0. The first-order valence-electron chi connectivity index (χ1n) is 7.85. The van der Waals surface area contributed by atoms with Crippen molar-refractivity contribution in [3.8, 4) is 11.5 Å². The molecule has 1 amide bonds. The minimum atomic E-state index is -0.501. The van der Waals surface area contributed by atoms with E-state index in [9.17, 15) is 4.79 Å². The van der Waals surface area contributed by atoms with Gasteiger partial charge < -0.3 is 20.2 Å².